The number of hydrogen-bond acceptors (Lipinski definition) is 4. The molecule has 0 amide bonds. The van der Waals surface area contributed by atoms with Crippen LogP contribution in [-0.2, 0) is 0 Å². The van der Waals surface area contributed by atoms with E-state index in [-0.39, 0.29) is 0 Å². The van der Waals surface area contributed by atoms with Gasteiger partial charge in [-0.1, -0.05) is 19.3 Å². The average Bonchev–Trinajstić information content (AvgIpc) is 2.16. The Morgan fingerprint density at radius 1 is 0.692 bits per heavy atom. The molecule has 0 fully saturated rings. The van der Waals surface area contributed by atoms with Gasteiger partial charge >= 0.3 is 0 Å². The minimum absolute atomic E-state index is 0.821. The highest BCUT2D eigenvalue weighted by atomic mass is 32.1. The highest BCUT2D eigenvalue weighted by Crippen LogP contribution is 2.02. The van der Waals surface area contributed by atoms with Gasteiger partial charge in [-0.25, -0.2) is 9.98 Å². The van der Waals surface area contributed by atoms with E-state index in [1.54, 1.807) is 0 Å². The quantitative estimate of drug-likeness (QED) is 0.352. The lowest BCUT2D eigenvalue weighted by molar-refractivity contribution is 0.625. The third-order valence-electron chi connectivity index (χ3n) is 1.67. The second-order valence-electron chi connectivity index (χ2n) is 2.71. The van der Waals surface area contributed by atoms with Gasteiger partial charge in [0.25, 0.3) is 0 Å². The zero-order valence-electron chi connectivity index (χ0n) is 7.66. The van der Waals surface area contributed by atoms with Crippen LogP contribution in [0.1, 0.15) is 32.1 Å². The van der Waals surface area contributed by atoms with Crippen molar-refractivity contribution in [3.05, 3.63) is 0 Å². The molecule has 72 valence electrons. The molecule has 0 saturated heterocycles. The number of hydrogen-bond donors (Lipinski definition) is 0. The first kappa shape index (κ1) is 12.6. The summed E-state index contributed by atoms with van der Waals surface area (Å²) in [5.74, 6) is 0. The lowest BCUT2D eigenvalue weighted by Crippen LogP contribution is -1.84. The molecule has 0 heterocycles. The van der Waals surface area contributed by atoms with E-state index >= 15 is 0 Å². The molecule has 0 aliphatic heterocycles. The van der Waals surface area contributed by atoms with Gasteiger partial charge in [-0.15, -0.1) is 0 Å². The van der Waals surface area contributed by atoms with E-state index in [1.807, 2.05) is 0 Å². The monoisotopic (exact) mass is 214 g/mol. The predicted octanol–water partition coefficient (Wildman–Crippen LogP) is 3.14. The van der Waals surface area contributed by atoms with Crippen molar-refractivity contribution >= 4 is 34.8 Å². The summed E-state index contributed by atoms with van der Waals surface area (Å²) < 4.78 is 0. The summed E-state index contributed by atoms with van der Waals surface area (Å²) in [4.78, 5) is 7.68. The highest BCUT2D eigenvalue weighted by Gasteiger charge is 1.88. The largest absolute Gasteiger partial charge is 0.233 e. The molecule has 0 bridgehead atoms. The van der Waals surface area contributed by atoms with Gasteiger partial charge in [0.1, 0.15) is 0 Å². The second-order valence-corrected chi connectivity index (χ2v) is 3.08. The van der Waals surface area contributed by atoms with E-state index in [9.17, 15) is 0 Å². The number of rotatable bonds is 8. The van der Waals surface area contributed by atoms with Crippen molar-refractivity contribution in [2.75, 3.05) is 13.1 Å². The molecular weight excluding hydrogens is 200 g/mol. The Labute approximate surface area is 90.2 Å². The first-order valence-electron chi connectivity index (χ1n) is 4.49. The maximum Gasteiger partial charge on any atom is 0.0584 e. The Bertz CT molecular complexity index is 182. The lowest BCUT2D eigenvalue weighted by atomic mass is 10.1. The number of isothiocyanates is 2. The smallest absolute Gasteiger partial charge is 0.0584 e. The van der Waals surface area contributed by atoms with Crippen LogP contribution in [0.25, 0.3) is 0 Å². The van der Waals surface area contributed by atoms with E-state index in [0.717, 1.165) is 25.9 Å². The molecule has 0 aromatic rings. The standard InChI is InChI=1S/C9H14N2S2/c12-8-10-6-4-2-1-3-5-7-11-9-13/h1-7H2. The normalized spacial score (nSPS) is 8.62. The minimum Gasteiger partial charge on any atom is -0.233 e. The molecule has 0 aliphatic rings. The molecule has 13 heavy (non-hydrogen) atoms. The molecule has 0 unspecified atom stereocenters. The van der Waals surface area contributed by atoms with Gasteiger partial charge in [0.15, 0.2) is 0 Å². The fourth-order valence-corrected chi connectivity index (χ4v) is 1.19. The molecule has 0 N–H and O–H groups in total. The van der Waals surface area contributed by atoms with Gasteiger partial charge in [0, 0.05) is 13.1 Å². The minimum atomic E-state index is 0.821. The highest BCUT2D eigenvalue weighted by molar-refractivity contribution is 7.78. The average molecular weight is 214 g/mol. The number of unbranched alkanes of at least 4 members (excludes halogenated alkanes) is 4. The van der Waals surface area contributed by atoms with Crippen LogP contribution < -0.4 is 0 Å². The van der Waals surface area contributed by atoms with Crippen LogP contribution in [0.3, 0.4) is 0 Å². The maximum absolute atomic E-state index is 4.45. The van der Waals surface area contributed by atoms with Crippen LogP contribution in [0, 0.1) is 0 Å². The number of aliphatic imine (C=N–C) groups is 2. The van der Waals surface area contributed by atoms with Crippen molar-refractivity contribution in [2.24, 2.45) is 9.98 Å². The van der Waals surface area contributed by atoms with Crippen LogP contribution >= 0.6 is 24.4 Å². The molecule has 0 atom stereocenters. The molecule has 2 nitrogen and oxygen atoms in total. The van der Waals surface area contributed by atoms with Crippen molar-refractivity contribution in [3.63, 3.8) is 0 Å². The topological polar surface area (TPSA) is 24.7 Å². The third kappa shape index (κ3) is 11.6. The summed E-state index contributed by atoms with van der Waals surface area (Å²) in [6.07, 6.45) is 5.88. The summed E-state index contributed by atoms with van der Waals surface area (Å²) in [7, 11) is 0. The summed E-state index contributed by atoms with van der Waals surface area (Å²) in [6.45, 7) is 1.64. The molecule has 0 radical (unpaired) electrons. The fraction of sp³-hybridized carbons (Fsp3) is 0.778. The Morgan fingerprint density at radius 2 is 1.08 bits per heavy atom. The van der Waals surface area contributed by atoms with Crippen molar-refractivity contribution in [1.29, 1.82) is 0 Å². The van der Waals surface area contributed by atoms with E-state index < -0.39 is 0 Å². The van der Waals surface area contributed by atoms with E-state index in [4.69, 9.17) is 0 Å². The van der Waals surface area contributed by atoms with Gasteiger partial charge in [0.05, 0.1) is 10.3 Å². The molecule has 0 aliphatic carbocycles. The summed E-state index contributed by atoms with van der Waals surface area (Å²) in [5, 5.41) is 4.72. The Morgan fingerprint density at radius 3 is 1.46 bits per heavy atom. The van der Waals surface area contributed by atoms with Gasteiger partial charge in [-0.3, -0.25) is 0 Å². The van der Waals surface area contributed by atoms with Crippen LogP contribution in [0.2, 0.25) is 0 Å². The predicted molar refractivity (Wildman–Crippen MR) is 62.9 cm³/mol. The van der Waals surface area contributed by atoms with Crippen LogP contribution in [0.5, 0.6) is 0 Å². The summed E-state index contributed by atoms with van der Waals surface area (Å²) >= 11 is 8.91. The lowest BCUT2D eigenvalue weighted by Gasteiger charge is -1.96. The molecular formula is C9H14N2S2. The van der Waals surface area contributed by atoms with Crippen LogP contribution in [0.4, 0.5) is 0 Å². The fourth-order valence-electron chi connectivity index (χ4n) is 1.00. The first-order chi connectivity index (χ1) is 6.41. The van der Waals surface area contributed by atoms with E-state index in [1.165, 1.54) is 19.3 Å². The molecule has 4 heteroatoms. The Balaban J connectivity index is 2.99. The Hall–Kier alpha value is -0.400. The van der Waals surface area contributed by atoms with Crippen molar-refractivity contribution in [2.45, 2.75) is 32.1 Å². The van der Waals surface area contributed by atoms with Crippen LogP contribution in [0.15, 0.2) is 9.98 Å². The Kier molecular flexibility index (Phi) is 11.2. The second kappa shape index (κ2) is 11.6. The zero-order valence-corrected chi connectivity index (χ0v) is 9.29. The van der Waals surface area contributed by atoms with Gasteiger partial charge < -0.3 is 0 Å². The van der Waals surface area contributed by atoms with Crippen molar-refractivity contribution < 1.29 is 0 Å². The van der Waals surface area contributed by atoms with Gasteiger partial charge in [-0.2, -0.15) is 0 Å². The number of nitrogens with zero attached hydrogens (tertiary/aromatic N) is 2. The van der Waals surface area contributed by atoms with Gasteiger partial charge in [-0.05, 0) is 37.3 Å². The zero-order chi connectivity index (χ0) is 9.78. The maximum atomic E-state index is 4.45. The molecule has 0 spiro atoms. The van der Waals surface area contributed by atoms with Crippen molar-refractivity contribution in [1.82, 2.24) is 0 Å². The molecule has 0 aromatic heterocycles. The van der Waals surface area contributed by atoms with Gasteiger partial charge in [0.2, 0.25) is 0 Å². The third-order valence-corrected chi connectivity index (χ3v) is 1.93. The molecule has 0 saturated carbocycles. The van der Waals surface area contributed by atoms with E-state index in [2.05, 4.69) is 44.7 Å². The van der Waals surface area contributed by atoms with Crippen molar-refractivity contribution in [3.8, 4) is 0 Å². The summed E-state index contributed by atoms with van der Waals surface area (Å²) in [6, 6.07) is 0. The number of thiocarbonyl (C=S) groups is 2. The molecule has 0 aromatic carbocycles. The first-order valence-corrected chi connectivity index (χ1v) is 5.30. The SMILES string of the molecule is S=C=NCCCCCCCN=C=S. The molecule has 0 rings (SSSR count). The van der Waals surface area contributed by atoms with Crippen LogP contribution in [-0.4, -0.2) is 23.4 Å². The van der Waals surface area contributed by atoms with E-state index in [0.29, 0.717) is 0 Å². The summed E-state index contributed by atoms with van der Waals surface area (Å²) in [5.41, 5.74) is 0.